The van der Waals surface area contributed by atoms with Gasteiger partial charge in [0.2, 0.25) is 0 Å². The molecule has 5 nitrogen and oxygen atoms in total. The fourth-order valence-corrected chi connectivity index (χ4v) is 11.2. The number of benzene rings is 8. The number of hydrogen-bond acceptors (Lipinski definition) is 3. The smallest absolute Gasteiger partial charge is 0.601 e. The Morgan fingerprint density at radius 2 is 1.03 bits per heavy atom. The van der Waals surface area contributed by atoms with Crippen LogP contribution in [-0.2, 0) is 0 Å². The number of nitrogens with zero attached hydrogens (tertiary/aromatic N) is 2. The molecule has 4 heterocycles. The van der Waals surface area contributed by atoms with Crippen LogP contribution in [0.2, 0.25) is 0 Å². The normalized spacial score (nSPS) is 14.5. The second-order valence-corrected chi connectivity index (χ2v) is 17.7. The number of methoxy groups -OCH3 is 1. The van der Waals surface area contributed by atoms with E-state index in [2.05, 4.69) is 231 Å². The molecule has 0 radical (unpaired) electrons. The summed E-state index contributed by atoms with van der Waals surface area (Å²) in [6.45, 7) is 6.21. The quantitative estimate of drug-likeness (QED) is 0.123. The summed E-state index contributed by atoms with van der Waals surface area (Å²) in [6.07, 6.45) is 2.27. The summed E-state index contributed by atoms with van der Waals surface area (Å²) in [5.74, 6) is 2.32. The predicted molar refractivity (Wildman–Crippen MR) is 271 cm³/mol. The molecule has 0 atom stereocenters. The molecule has 9 aromatic rings. The van der Waals surface area contributed by atoms with Gasteiger partial charge in [-0.25, -0.2) is 0 Å². The van der Waals surface area contributed by atoms with E-state index in [4.69, 9.17) is 14.0 Å². The van der Waals surface area contributed by atoms with E-state index in [1.165, 1.54) is 0 Å². The summed E-state index contributed by atoms with van der Waals surface area (Å²) in [6, 6.07) is 66.9. The summed E-state index contributed by atoms with van der Waals surface area (Å²) in [7, 11) is 1.77. The van der Waals surface area contributed by atoms with Crippen molar-refractivity contribution in [3.8, 4) is 28.4 Å². The number of allylic oxidation sites excluding steroid dienone is 2. The van der Waals surface area contributed by atoms with Gasteiger partial charge in [-0.3, -0.25) is 0 Å². The summed E-state index contributed by atoms with van der Waals surface area (Å²) in [4.78, 5) is 0. The summed E-state index contributed by atoms with van der Waals surface area (Å²) in [5.41, 5.74) is 17.2. The van der Waals surface area contributed by atoms with Crippen LogP contribution in [0.15, 0.2) is 205 Å². The predicted octanol–water partition coefficient (Wildman–Crippen LogP) is 14.1. The van der Waals surface area contributed by atoms with E-state index < -0.39 is 6.82 Å². The monoisotopic (exact) mass is 854 g/mol. The van der Waals surface area contributed by atoms with E-state index in [-0.39, 0.29) is 0 Å². The van der Waals surface area contributed by atoms with Gasteiger partial charge in [-0.05, 0) is 117 Å². The van der Waals surface area contributed by atoms with Crippen molar-refractivity contribution in [3.63, 3.8) is 0 Å². The number of aromatic nitrogens is 1. The zero-order valence-corrected chi connectivity index (χ0v) is 37.7. The van der Waals surface area contributed by atoms with E-state index >= 15 is 0 Å². The largest absolute Gasteiger partial charge is 0.780 e. The van der Waals surface area contributed by atoms with Crippen molar-refractivity contribution < 1.29 is 18.5 Å². The van der Waals surface area contributed by atoms with E-state index in [1.807, 2.05) is 0 Å². The summed E-state index contributed by atoms with van der Waals surface area (Å²) >= 11 is 0. The molecule has 0 amide bonds. The number of rotatable bonds is 6. The van der Waals surface area contributed by atoms with Gasteiger partial charge in [0.15, 0.2) is 5.70 Å². The fourth-order valence-electron chi connectivity index (χ4n) is 11.2. The van der Waals surface area contributed by atoms with E-state index in [0.717, 1.165) is 128 Å². The Morgan fingerprint density at radius 3 is 1.56 bits per heavy atom. The van der Waals surface area contributed by atoms with Gasteiger partial charge in [0, 0.05) is 41.0 Å². The van der Waals surface area contributed by atoms with Crippen molar-refractivity contribution in [1.29, 1.82) is 0 Å². The van der Waals surface area contributed by atoms with Crippen LogP contribution in [0.25, 0.3) is 49.4 Å². The molecule has 0 saturated heterocycles. The second kappa shape index (κ2) is 15.3. The lowest BCUT2D eigenvalue weighted by molar-refractivity contribution is -0.372. The van der Waals surface area contributed by atoms with E-state index in [1.54, 1.807) is 7.11 Å². The van der Waals surface area contributed by atoms with Crippen LogP contribution < -0.4 is 14.0 Å². The molecule has 1 spiro atoms. The molecule has 0 bridgehead atoms. The highest BCUT2D eigenvalue weighted by Crippen LogP contribution is 2.53. The van der Waals surface area contributed by atoms with Crippen molar-refractivity contribution in [2.24, 2.45) is 0 Å². The first-order valence-electron chi connectivity index (χ1n) is 22.8. The van der Waals surface area contributed by atoms with Gasteiger partial charge in [-0.1, -0.05) is 158 Å². The molecule has 0 unspecified atom stereocenters. The number of ether oxygens (including phenoxy) is 1. The van der Waals surface area contributed by atoms with Gasteiger partial charge in [0.1, 0.15) is 11.5 Å². The topological polar surface area (TPSA) is 35.6 Å². The lowest BCUT2D eigenvalue weighted by atomic mass is 9.77. The Balaban J connectivity index is 1.16. The molecule has 12 rings (SSSR count). The van der Waals surface area contributed by atoms with Gasteiger partial charge in [-0.2, -0.15) is 0 Å². The lowest BCUT2D eigenvalue weighted by Crippen LogP contribution is -2.67. The molecule has 0 aliphatic carbocycles. The third-order valence-corrected chi connectivity index (χ3v) is 13.8. The maximum absolute atomic E-state index is 7.77. The highest BCUT2D eigenvalue weighted by molar-refractivity contribution is 6.62. The zero-order valence-electron chi connectivity index (χ0n) is 37.7. The molecular formula is C60H47BN2O3. The van der Waals surface area contributed by atoms with E-state index in [9.17, 15) is 0 Å². The minimum atomic E-state index is -2.54. The fraction of sp³-hybridized carbons (Fsp3) is 0.0833. The van der Waals surface area contributed by atoms with Crippen LogP contribution in [0.4, 0.5) is 0 Å². The van der Waals surface area contributed by atoms with Gasteiger partial charge < -0.3 is 23.0 Å². The molecule has 3 aliphatic rings. The molecule has 0 fully saturated rings. The average Bonchev–Trinajstić information content (AvgIpc) is 3.78. The van der Waals surface area contributed by atoms with Crippen LogP contribution in [-0.4, -0.2) is 28.6 Å². The number of aryl methyl sites for hydroxylation is 2. The van der Waals surface area contributed by atoms with Gasteiger partial charge in [-0.15, -0.1) is 0 Å². The number of fused-ring (bicyclic) bond motifs is 11. The van der Waals surface area contributed by atoms with Gasteiger partial charge in [0.05, 0.1) is 24.2 Å². The Morgan fingerprint density at radius 1 is 0.530 bits per heavy atom. The summed E-state index contributed by atoms with van der Waals surface area (Å²) in [5, 5.41) is 4.51. The Bertz CT molecular complexity index is 3470. The van der Waals surface area contributed by atoms with E-state index in [0.29, 0.717) is 0 Å². The van der Waals surface area contributed by atoms with Crippen molar-refractivity contribution in [2.75, 3.05) is 7.11 Å². The first kappa shape index (κ1) is 39.5. The minimum Gasteiger partial charge on any atom is -0.601 e. The van der Waals surface area contributed by atoms with Gasteiger partial charge in [0.25, 0.3) is 0 Å². The Kier molecular flexibility index (Phi) is 9.15. The van der Waals surface area contributed by atoms with Crippen molar-refractivity contribution in [2.45, 2.75) is 27.7 Å². The molecule has 318 valence electrons. The van der Waals surface area contributed by atoms with Crippen LogP contribution in [0, 0.1) is 13.8 Å². The standard InChI is InChI=1S/C60H47BN2O3/c1-38-35-40(3)62-59(38)58(50-37-47(31-32-51(50)64-5)55(46-25-13-8-14-26-46)54(44-21-9-6-10-22-44)45-23-11-7-12-24-45)60-39(2)36-41(4)63(60)61(62)65-52-33-29-42-19-15-17-27-48(42)56(52)57-49-28-18-16-20-43(49)30-34-53(57)66-61/h6-37H,1-5H3. The van der Waals surface area contributed by atoms with Crippen molar-refractivity contribution in [3.05, 3.63) is 250 Å². The minimum absolute atomic E-state index is 0.771. The molecule has 8 aromatic carbocycles. The SMILES string of the molecule is COc1ccc(C(=C(c2ccccc2)c2ccccc2)c2ccccc2)cc1C1=C2C(C)=CC(C)=[N+]2[B-]2(Oc3ccc4ccccc4c3-c3c(ccc4ccccc34)O2)n2c(C)cc(C)c21. The molecule has 1 aromatic heterocycles. The third-order valence-electron chi connectivity index (χ3n) is 13.8. The van der Waals surface area contributed by atoms with Crippen molar-refractivity contribution in [1.82, 2.24) is 4.48 Å². The first-order chi connectivity index (χ1) is 32.3. The number of hydrogen-bond donors (Lipinski definition) is 0. The molecule has 0 N–H and O–H groups in total. The highest BCUT2D eigenvalue weighted by Gasteiger charge is 2.61. The van der Waals surface area contributed by atoms with Crippen LogP contribution in [0.1, 0.15) is 58.6 Å². The summed E-state index contributed by atoms with van der Waals surface area (Å²) < 4.78 is 26.6. The van der Waals surface area contributed by atoms with Crippen LogP contribution >= 0.6 is 0 Å². The Labute approximate surface area is 385 Å². The highest BCUT2D eigenvalue weighted by atomic mass is 16.6. The Hall–Kier alpha value is -8.09. The third kappa shape index (κ3) is 5.91. The maximum Gasteiger partial charge on any atom is 0.780 e. The molecule has 6 heteroatoms. The van der Waals surface area contributed by atoms with Crippen LogP contribution in [0.3, 0.4) is 0 Å². The van der Waals surface area contributed by atoms with Crippen molar-refractivity contribution >= 4 is 50.8 Å². The molecule has 0 saturated carbocycles. The average molecular weight is 855 g/mol. The van der Waals surface area contributed by atoms with Crippen LogP contribution in [0.5, 0.6) is 17.2 Å². The lowest BCUT2D eigenvalue weighted by Gasteiger charge is -2.43. The zero-order chi connectivity index (χ0) is 44.7. The molecular weight excluding hydrogens is 807 g/mol. The molecule has 66 heavy (non-hydrogen) atoms. The second-order valence-electron chi connectivity index (χ2n) is 17.7. The van der Waals surface area contributed by atoms with Gasteiger partial charge >= 0.3 is 6.82 Å². The molecule has 3 aliphatic heterocycles. The maximum atomic E-state index is 7.77. The first-order valence-corrected chi connectivity index (χ1v) is 22.8.